The molecule has 5 rings (SSSR count). The number of piperidine rings is 1. The number of amides is 3. The molecule has 3 amide bonds. The highest BCUT2D eigenvalue weighted by molar-refractivity contribution is 6.06. The molecule has 7 heteroatoms. The SMILES string of the molecule is COc1ccc(CCN2C(=O)N(C)C(=O)C23CCN(Cc2cc4ccccc4o2)CC3)cc1. The van der Waals surface area contributed by atoms with E-state index in [4.69, 9.17) is 9.15 Å². The lowest BCUT2D eigenvalue weighted by Gasteiger charge is -2.42. The average Bonchev–Trinajstić information content (AvgIpc) is 3.33. The highest BCUT2D eigenvalue weighted by Crippen LogP contribution is 2.37. The van der Waals surface area contributed by atoms with E-state index in [1.807, 2.05) is 48.5 Å². The standard InChI is InChI=1S/C26H29N3O4/c1-27-24(30)26(29(25(27)31)14-11-19-7-9-21(32-2)10-8-19)12-15-28(16-13-26)18-22-17-20-5-3-4-6-23(20)33-22/h3-10,17H,11-16,18H2,1-2H3. The van der Waals surface area contributed by atoms with Crippen molar-refractivity contribution in [1.29, 1.82) is 0 Å². The van der Waals surface area contributed by atoms with Crippen LogP contribution in [0, 0.1) is 0 Å². The number of benzene rings is 2. The van der Waals surface area contributed by atoms with Crippen LogP contribution in [0.1, 0.15) is 24.2 Å². The lowest BCUT2D eigenvalue weighted by Crippen LogP contribution is -2.56. The zero-order valence-corrected chi connectivity index (χ0v) is 19.1. The monoisotopic (exact) mass is 447 g/mol. The van der Waals surface area contributed by atoms with Gasteiger partial charge in [0.2, 0.25) is 0 Å². The Morgan fingerprint density at radius 3 is 2.45 bits per heavy atom. The molecule has 0 aliphatic carbocycles. The number of rotatable bonds is 6. The molecule has 0 N–H and O–H groups in total. The van der Waals surface area contributed by atoms with Gasteiger partial charge in [0.15, 0.2) is 0 Å². The molecule has 3 aromatic rings. The van der Waals surface area contributed by atoms with Gasteiger partial charge in [-0.1, -0.05) is 30.3 Å². The minimum absolute atomic E-state index is 0.0781. The third kappa shape index (κ3) is 3.86. The molecule has 172 valence electrons. The van der Waals surface area contributed by atoms with Gasteiger partial charge in [0, 0.05) is 32.1 Å². The second-order valence-electron chi connectivity index (χ2n) is 8.95. The molecule has 2 aliphatic heterocycles. The van der Waals surface area contributed by atoms with E-state index in [2.05, 4.69) is 11.0 Å². The van der Waals surface area contributed by atoms with Crippen molar-refractivity contribution >= 4 is 22.9 Å². The van der Waals surface area contributed by atoms with Crippen molar-refractivity contribution < 1.29 is 18.7 Å². The summed E-state index contributed by atoms with van der Waals surface area (Å²) in [5.74, 6) is 1.65. The predicted octanol–water partition coefficient (Wildman–Crippen LogP) is 3.91. The van der Waals surface area contributed by atoms with Gasteiger partial charge in [-0.2, -0.15) is 0 Å². The molecule has 0 saturated carbocycles. The normalized spacial score (nSPS) is 18.6. The van der Waals surface area contributed by atoms with Gasteiger partial charge in [-0.3, -0.25) is 14.6 Å². The molecule has 0 radical (unpaired) electrons. The van der Waals surface area contributed by atoms with Crippen LogP contribution in [0.15, 0.2) is 59.0 Å². The summed E-state index contributed by atoms with van der Waals surface area (Å²) in [6, 6.07) is 17.7. The Morgan fingerprint density at radius 2 is 1.76 bits per heavy atom. The van der Waals surface area contributed by atoms with Gasteiger partial charge >= 0.3 is 6.03 Å². The quantitative estimate of drug-likeness (QED) is 0.536. The Balaban J connectivity index is 1.27. The first-order chi connectivity index (χ1) is 16.0. The number of likely N-dealkylation sites (N-methyl/N-ethyl adjacent to an activating group) is 1. The van der Waals surface area contributed by atoms with Crippen LogP contribution in [0.3, 0.4) is 0 Å². The van der Waals surface area contributed by atoms with Gasteiger partial charge in [-0.05, 0) is 49.1 Å². The summed E-state index contributed by atoms with van der Waals surface area (Å²) < 4.78 is 11.2. The summed E-state index contributed by atoms with van der Waals surface area (Å²) >= 11 is 0. The van der Waals surface area contributed by atoms with E-state index < -0.39 is 5.54 Å². The lowest BCUT2D eigenvalue weighted by atomic mass is 9.85. The summed E-state index contributed by atoms with van der Waals surface area (Å²) in [6.45, 7) is 2.70. The molecule has 3 heterocycles. The number of carbonyl (C=O) groups excluding carboxylic acids is 2. The Kier molecular flexibility index (Phi) is 5.58. The molecule has 1 spiro atoms. The van der Waals surface area contributed by atoms with Crippen LogP contribution in [0.4, 0.5) is 4.79 Å². The number of urea groups is 1. The van der Waals surface area contributed by atoms with E-state index >= 15 is 0 Å². The van der Waals surface area contributed by atoms with Gasteiger partial charge in [0.25, 0.3) is 5.91 Å². The Hall–Kier alpha value is -3.32. The maximum atomic E-state index is 13.2. The molecule has 2 aliphatic rings. The smallest absolute Gasteiger partial charge is 0.327 e. The van der Waals surface area contributed by atoms with E-state index in [9.17, 15) is 9.59 Å². The van der Waals surface area contributed by atoms with E-state index in [1.165, 1.54) is 4.90 Å². The molecule has 33 heavy (non-hydrogen) atoms. The van der Waals surface area contributed by atoms with E-state index in [-0.39, 0.29) is 11.9 Å². The number of likely N-dealkylation sites (tertiary alicyclic amines) is 1. The number of carbonyl (C=O) groups is 2. The van der Waals surface area contributed by atoms with Crippen molar-refractivity contribution in [3.8, 4) is 5.75 Å². The summed E-state index contributed by atoms with van der Waals surface area (Å²) in [5.41, 5.74) is 1.26. The molecule has 0 unspecified atom stereocenters. The van der Waals surface area contributed by atoms with Gasteiger partial charge < -0.3 is 14.1 Å². The van der Waals surface area contributed by atoms with Crippen molar-refractivity contribution in [3.05, 3.63) is 65.9 Å². The number of para-hydroxylation sites is 1. The van der Waals surface area contributed by atoms with Crippen molar-refractivity contribution in [2.24, 2.45) is 0 Å². The maximum absolute atomic E-state index is 13.2. The largest absolute Gasteiger partial charge is 0.497 e. The van der Waals surface area contributed by atoms with Crippen LogP contribution < -0.4 is 4.74 Å². The minimum Gasteiger partial charge on any atom is -0.497 e. The molecule has 0 bridgehead atoms. The van der Waals surface area contributed by atoms with E-state index in [1.54, 1.807) is 19.1 Å². The Labute approximate surface area is 193 Å². The van der Waals surface area contributed by atoms with Gasteiger partial charge in [0.05, 0.1) is 13.7 Å². The van der Waals surface area contributed by atoms with E-state index in [0.717, 1.165) is 41.1 Å². The van der Waals surface area contributed by atoms with E-state index in [0.29, 0.717) is 32.4 Å². The van der Waals surface area contributed by atoms with Crippen LogP contribution in [0.25, 0.3) is 11.0 Å². The number of fused-ring (bicyclic) bond motifs is 1. The fraction of sp³-hybridized carbons (Fsp3) is 0.385. The first kappa shape index (κ1) is 21.5. The second kappa shape index (κ2) is 8.56. The van der Waals surface area contributed by atoms with Crippen LogP contribution >= 0.6 is 0 Å². The molecule has 0 atom stereocenters. The third-order valence-electron chi connectivity index (χ3n) is 7.06. The highest BCUT2D eigenvalue weighted by atomic mass is 16.5. The van der Waals surface area contributed by atoms with Crippen LogP contribution in [-0.2, 0) is 17.8 Å². The second-order valence-corrected chi connectivity index (χ2v) is 8.95. The van der Waals surface area contributed by atoms with Crippen LogP contribution in [0.5, 0.6) is 5.75 Å². The predicted molar refractivity (Wildman–Crippen MR) is 125 cm³/mol. The Bertz CT molecular complexity index is 1130. The molecular formula is C26H29N3O4. The minimum atomic E-state index is -0.747. The van der Waals surface area contributed by atoms with Gasteiger partial charge in [0.1, 0.15) is 22.6 Å². The number of furan rings is 1. The summed E-state index contributed by atoms with van der Waals surface area (Å²) in [4.78, 5) is 31.6. The van der Waals surface area contributed by atoms with Crippen molar-refractivity contribution in [1.82, 2.24) is 14.7 Å². The lowest BCUT2D eigenvalue weighted by molar-refractivity contribution is -0.134. The number of ether oxygens (including phenoxy) is 1. The molecule has 2 fully saturated rings. The molecule has 2 aromatic carbocycles. The molecule has 7 nitrogen and oxygen atoms in total. The summed E-state index contributed by atoms with van der Waals surface area (Å²) in [5, 5.41) is 1.10. The number of hydrogen-bond acceptors (Lipinski definition) is 5. The first-order valence-electron chi connectivity index (χ1n) is 11.4. The number of nitrogens with zero attached hydrogens (tertiary/aromatic N) is 3. The molecular weight excluding hydrogens is 418 g/mol. The third-order valence-corrected chi connectivity index (χ3v) is 7.06. The number of hydrogen-bond donors (Lipinski definition) is 0. The van der Waals surface area contributed by atoms with Gasteiger partial charge in [-0.25, -0.2) is 4.79 Å². The van der Waals surface area contributed by atoms with Crippen molar-refractivity contribution in [2.75, 3.05) is 33.8 Å². The van der Waals surface area contributed by atoms with Gasteiger partial charge in [-0.15, -0.1) is 0 Å². The maximum Gasteiger partial charge on any atom is 0.327 e. The first-order valence-corrected chi connectivity index (χ1v) is 11.4. The zero-order chi connectivity index (χ0) is 23.0. The topological polar surface area (TPSA) is 66.2 Å². The molecule has 1 aromatic heterocycles. The van der Waals surface area contributed by atoms with Crippen LogP contribution in [-0.4, -0.2) is 66.0 Å². The van der Waals surface area contributed by atoms with Crippen molar-refractivity contribution in [3.63, 3.8) is 0 Å². The fourth-order valence-electron chi connectivity index (χ4n) is 5.12. The van der Waals surface area contributed by atoms with Crippen LogP contribution in [0.2, 0.25) is 0 Å². The van der Waals surface area contributed by atoms with Crippen molar-refractivity contribution in [2.45, 2.75) is 31.3 Å². The Morgan fingerprint density at radius 1 is 1.03 bits per heavy atom. The number of imide groups is 1. The highest BCUT2D eigenvalue weighted by Gasteiger charge is 2.56. The molecule has 2 saturated heterocycles. The zero-order valence-electron chi connectivity index (χ0n) is 19.1. The number of methoxy groups -OCH3 is 1. The summed E-state index contributed by atoms with van der Waals surface area (Å²) in [6.07, 6.45) is 1.96. The average molecular weight is 448 g/mol. The fourth-order valence-corrected chi connectivity index (χ4v) is 5.12. The summed E-state index contributed by atoms with van der Waals surface area (Å²) in [7, 11) is 3.24.